The highest BCUT2D eigenvalue weighted by Gasteiger charge is 2.57. The summed E-state index contributed by atoms with van der Waals surface area (Å²) >= 11 is 0. The molecule has 2 heteroatoms. The minimum absolute atomic E-state index is 0.0745. The maximum absolute atomic E-state index is 6.66. The molecule has 5 aliphatic rings. The lowest BCUT2D eigenvalue weighted by Crippen LogP contribution is -2.38. The average Bonchev–Trinajstić information content (AvgIpc) is 3.41. The van der Waals surface area contributed by atoms with Gasteiger partial charge in [-0.3, -0.25) is 0 Å². The molecular formula is C41H39NO. The van der Waals surface area contributed by atoms with Crippen LogP contribution in [0.5, 0.6) is 0 Å². The largest absolute Gasteiger partial charge is 0.487 e. The molecule has 3 aromatic rings. The van der Waals surface area contributed by atoms with Gasteiger partial charge in [0.1, 0.15) is 11.4 Å². The first kappa shape index (κ1) is 26.3. The number of fused-ring (bicyclic) bond motifs is 6. The van der Waals surface area contributed by atoms with Crippen molar-refractivity contribution in [3.8, 4) is 11.1 Å². The van der Waals surface area contributed by atoms with Crippen molar-refractivity contribution in [2.45, 2.75) is 51.6 Å². The Balaban J connectivity index is 1.21. The molecule has 214 valence electrons. The smallest absolute Gasteiger partial charge is 0.131 e. The average molecular weight is 562 g/mol. The van der Waals surface area contributed by atoms with E-state index in [1.165, 1.54) is 44.9 Å². The third kappa shape index (κ3) is 3.92. The summed E-state index contributed by atoms with van der Waals surface area (Å²) in [5, 5.41) is 0. The second-order valence-electron chi connectivity index (χ2n) is 13.8. The third-order valence-corrected chi connectivity index (χ3v) is 10.9. The van der Waals surface area contributed by atoms with Crippen LogP contribution < -0.4 is 4.90 Å². The van der Waals surface area contributed by atoms with Crippen molar-refractivity contribution >= 4 is 11.3 Å². The topological polar surface area (TPSA) is 12.5 Å². The molecule has 4 atom stereocenters. The Hall–Kier alpha value is -4.30. The van der Waals surface area contributed by atoms with E-state index < -0.39 is 0 Å². The van der Waals surface area contributed by atoms with Gasteiger partial charge in [-0.1, -0.05) is 112 Å². The van der Waals surface area contributed by atoms with Crippen LogP contribution in [0.1, 0.15) is 51.7 Å². The van der Waals surface area contributed by atoms with Crippen LogP contribution in [-0.2, 0) is 10.2 Å². The SMILES string of the molecule is CC12C=CC=CC1C1(C)CC(N(C3=CC=C4c5ccccc5C(C)(C)C4C3)c3ccc(-c4ccccc4)cc3)=CC=C1O2. The first-order chi connectivity index (χ1) is 20.8. The van der Waals surface area contributed by atoms with Gasteiger partial charge in [0.05, 0.1) is 0 Å². The fraction of sp³-hybridized carbons (Fsp3) is 0.268. The summed E-state index contributed by atoms with van der Waals surface area (Å²) in [4.78, 5) is 2.55. The first-order valence-corrected chi connectivity index (χ1v) is 15.7. The summed E-state index contributed by atoms with van der Waals surface area (Å²) in [5.74, 6) is 1.83. The lowest BCUT2D eigenvalue weighted by atomic mass is 9.65. The van der Waals surface area contributed by atoms with Gasteiger partial charge in [-0.05, 0) is 88.9 Å². The zero-order chi connectivity index (χ0) is 29.4. The van der Waals surface area contributed by atoms with Crippen LogP contribution in [0.4, 0.5) is 5.69 Å². The van der Waals surface area contributed by atoms with Crippen molar-refractivity contribution < 1.29 is 4.74 Å². The lowest BCUT2D eigenvalue weighted by Gasteiger charge is -2.41. The van der Waals surface area contributed by atoms with Crippen molar-refractivity contribution in [2.75, 3.05) is 4.90 Å². The van der Waals surface area contributed by atoms with Crippen LogP contribution in [0.3, 0.4) is 0 Å². The Morgan fingerprint density at radius 2 is 1.44 bits per heavy atom. The molecule has 0 saturated carbocycles. The van der Waals surface area contributed by atoms with Gasteiger partial charge in [0.25, 0.3) is 0 Å². The van der Waals surface area contributed by atoms with Gasteiger partial charge in [-0.2, -0.15) is 0 Å². The minimum atomic E-state index is -0.303. The molecule has 8 rings (SSSR count). The molecule has 3 aromatic carbocycles. The number of anilines is 1. The molecule has 1 heterocycles. The van der Waals surface area contributed by atoms with Crippen molar-refractivity contribution in [3.05, 3.63) is 156 Å². The molecule has 2 nitrogen and oxygen atoms in total. The fourth-order valence-corrected chi connectivity index (χ4v) is 8.56. The summed E-state index contributed by atoms with van der Waals surface area (Å²) in [6.07, 6.45) is 20.2. The summed E-state index contributed by atoms with van der Waals surface area (Å²) < 4.78 is 6.66. The number of hydrogen-bond acceptors (Lipinski definition) is 2. The van der Waals surface area contributed by atoms with Gasteiger partial charge in [-0.15, -0.1) is 0 Å². The molecule has 0 spiro atoms. The van der Waals surface area contributed by atoms with Crippen molar-refractivity contribution in [3.63, 3.8) is 0 Å². The summed E-state index contributed by atoms with van der Waals surface area (Å²) in [6, 6.07) is 28.8. The number of rotatable bonds is 4. The number of nitrogens with zero attached hydrogens (tertiary/aromatic N) is 1. The van der Waals surface area contributed by atoms with Crippen LogP contribution in [0.25, 0.3) is 16.7 Å². The fourth-order valence-electron chi connectivity index (χ4n) is 8.56. The first-order valence-electron chi connectivity index (χ1n) is 15.7. The quantitative estimate of drug-likeness (QED) is 0.314. The van der Waals surface area contributed by atoms with Crippen molar-refractivity contribution in [1.82, 2.24) is 0 Å². The van der Waals surface area contributed by atoms with E-state index in [9.17, 15) is 0 Å². The molecule has 0 bridgehead atoms. The molecule has 43 heavy (non-hydrogen) atoms. The lowest BCUT2D eigenvalue weighted by molar-refractivity contribution is 0.0827. The van der Waals surface area contributed by atoms with Crippen molar-refractivity contribution in [1.29, 1.82) is 0 Å². The van der Waals surface area contributed by atoms with E-state index in [2.05, 4.69) is 160 Å². The Morgan fingerprint density at radius 3 is 2.26 bits per heavy atom. The van der Waals surface area contributed by atoms with Crippen LogP contribution in [0, 0.1) is 17.3 Å². The highest BCUT2D eigenvalue weighted by Crippen LogP contribution is 2.60. The molecule has 1 aliphatic heterocycles. The summed E-state index contributed by atoms with van der Waals surface area (Å²) in [6.45, 7) is 9.48. The highest BCUT2D eigenvalue weighted by atomic mass is 16.5. The molecule has 1 fully saturated rings. The molecular weight excluding hydrogens is 522 g/mol. The van der Waals surface area contributed by atoms with E-state index in [0.29, 0.717) is 5.92 Å². The number of benzene rings is 3. The van der Waals surface area contributed by atoms with Gasteiger partial charge in [0.2, 0.25) is 0 Å². The van der Waals surface area contributed by atoms with Crippen LogP contribution in [-0.4, -0.2) is 5.60 Å². The van der Waals surface area contributed by atoms with Crippen LogP contribution in [0.15, 0.2) is 145 Å². The van der Waals surface area contributed by atoms with E-state index in [-0.39, 0.29) is 22.3 Å². The number of ether oxygens (including phenoxy) is 1. The maximum Gasteiger partial charge on any atom is 0.131 e. The standard InChI is InChI=1S/C41H39NO/c1-39(2)35-15-9-8-14-33(35)34-23-21-31(26-36(34)39)42(30-19-17-29(18-20-30)28-12-6-5-7-13-28)32-22-24-38-40(3,27-32)37-16-10-11-25-41(37,4)43-38/h5-25,36-37H,26-27H2,1-4H3. The maximum atomic E-state index is 6.66. The highest BCUT2D eigenvalue weighted by molar-refractivity contribution is 5.81. The van der Waals surface area contributed by atoms with Gasteiger partial charge < -0.3 is 9.64 Å². The van der Waals surface area contributed by atoms with E-state index in [0.717, 1.165) is 18.6 Å². The van der Waals surface area contributed by atoms with Crippen LogP contribution in [0.2, 0.25) is 0 Å². The van der Waals surface area contributed by atoms with Gasteiger partial charge in [0.15, 0.2) is 0 Å². The molecule has 0 aromatic heterocycles. The molecule has 0 radical (unpaired) electrons. The normalized spacial score (nSPS) is 29.2. The predicted molar refractivity (Wildman–Crippen MR) is 178 cm³/mol. The van der Waals surface area contributed by atoms with Gasteiger partial charge in [0, 0.05) is 34.8 Å². The Kier molecular flexibility index (Phi) is 5.73. The van der Waals surface area contributed by atoms with E-state index in [1.807, 2.05) is 0 Å². The third-order valence-electron chi connectivity index (χ3n) is 10.9. The molecule has 0 N–H and O–H groups in total. The van der Waals surface area contributed by atoms with Crippen molar-refractivity contribution in [2.24, 2.45) is 17.3 Å². The van der Waals surface area contributed by atoms with E-state index in [4.69, 9.17) is 4.74 Å². The molecule has 4 aliphatic carbocycles. The van der Waals surface area contributed by atoms with E-state index in [1.54, 1.807) is 0 Å². The predicted octanol–water partition coefficient (Wildman–Crippen LogP) is 10.1. The Morgan fingerprint density at radius 1 is 0.721 bits per heavy atom. The zero-order valence-corrected chi connectivity index (χ0v) is 25.5. The molecule has 0 amide bonds. The van der Waals surface area contributed by atoms with Gasteiger partial charge in [-0.25, -0.2) is 0 Å². The van der Waals surface area contributed by atoms with Crippen LogP contribution >= 0.6 is 0 Å². The monoisotopic (exact) mass is 561 g/mol. The summed E-state index contributed by atoms with van der Waals surface area (Å²) in [5.41, 5.74) is 10.4. The zero-order valence-electron chi connectivity index (χ0n) is 25.5. The van der Waals surface area contributed by atoms with E-state index >= 15 is 0 Å². The Labute approximate surface area is 256 Å². The minimum Gasteiger partial charge on any atom is -0.487 e. The molecule has 4 unspecified atom stereocenters. The van der Waals surface area contributed by atoms with Gasteiger partial charge >= 0.3 is 0 Å². The Bertz CT molecular complexity index is 1800. The summed E-state index contributed by atoms with van der Waals surface area (Å²) in [7, 11) is 0. The number of hydrogen-bond donors (Lipinski definition) is 0. The second-order valence-corrected chi connectivity index (χ2v) is 13.8. The molecule has 1 saturated heterocycles. The second kappa shape index (κ2) is 9.35. The number of allylic oxidation sites excluding steroid dienone is 10.